The van der Waals surface area contributed by atoms with E-state index in [1.54, 1.807) is 24.3 Å². The lowest BCUT2D eigenvalue weighted by Gasteiger charge is -2.11. The first-order valence-corrected chi connectivity index (χ1v) is 12.3. The molecule has 0 aliphatic heterocycles. The Hall–Kier alpha value is -3.05. The average Bonchev–Trinajstić information content (AvgIpc) is 3.39. The number of benzene rings is 1. The van der Waals surface area contributed by atoms with Gasteiger partial charge >= 0.3 is 0 Å². The quantitative estimate of drug-likeness (QED) is 0.433. The number of hydrogen-bond donors (Lipinski definition) is 1. The number of thioether (sulfide) groups is 1. The Morgan fingerprint density at radius 2 is 1.94 bits per heavy atom. The van der Waals surface area contributed by atoms with Crippen molar-refractivity contribution in [2.24, 2.45) is 0 Å². The van der Waals surface area contributed by atoms with E-state index in [2.05, 4.69) is 26.3 Å². The second-order valence-corrected chi connectivity index (χ2v) is 10.3. The SMILES string of the molecule is CSc1nn2c(N)c(-c3nc(-c4ccc(S(=O)(=O)N(C)C)cc4)cs3)nnc2c1C#N. The third kappa shape index (κ3) is 3.53. The van der Waals surface area contributed by atoms with Gasteiger partial charge < -0.3 is 5.73 Å². The van der Waals surface area contributed by atoms with E-state index < -0.39 is 10.0 Å². The van der Waals surface area contributed by atoms with Crippen LogP contribution >= 0.6 is 23.1 Å². The molecule has 2 N–H and O–H groups in total. The van der Waals surface area contributed by atoms with Crippen molar-refractivity contribution in [3.63, 3.8) is 0 Å². The third-order valence-electron chi connectivity index (χ3n) is 4.49. The summed E-state index contributed by atoms with van der Waals surface area (Å²) in [6, 6.07) is 8.57. The molecule has 4 rings (SSSR count). The number of anilines is 1. The summed E-state index contributed by atoms with van der Waals surface area (Å²) in [7, 11) is -0.528. The van der Waals surface area contributed by atoms with Crippen molar-refractivity contribution in [1.82, 2.24) is 29.1 Å². The van der Waals surface area contributed by atoms with Gasteiger partial charge in [0, 0.05) is 25.0 Å². The second kappa shape index (κ2) is 7.89. The van der Waals surface area contributed by atoms with Gasteiger partial charge in [-0.15, -0.1) is 33.3 Å². The van der Waals surface area contributed by atoms with E-state index in [1.807, 2.05) is 11.6 Å². The zero-order valence-corrected chi connectivity index (χ0v) is 19.1. The number of nitrogens with zero attached hydrogens (tertiary/aromatic N) is 7. The number of thiazole rings is 1. The van der Waals surface area contributed by atoms with Crippen LogP contribution in [0.4, 0.5) is 5.82 Å². The van der Waals surface area contributed by atoms with Gasteiger partial charge in [0.05, 0.1) is 10.6 Å². The number of nitrogens with two attached hydrogens (primary N) is 1. The fraction of sp³-hybridized carbons (Fsp3) is 0.167. The highest BCUT2D eigenvalue weighted by Crippen LogP contribution is 2.32. The Morgan fingerprint density at radius 3 is 2.55 bits per heavy atom. The van der Waals surface area contributed by atoms with Crippen LogP contribution in [-0.4, -0.2) is 57.9 Å². The molecule has 0 saturated heterocycles. The zero-order valence-electron chi connectivity index (χ0n) is 16.6. The van der Waals surface area contributed by atoms with Gasteiger partial charge in [-0.3, -0.25) is 0 Å². The number of rotatable bonds is 5. The summed E-state index contributed by atoms with van der Waals surface area (Å²) in [4.78, 5) is 4.78. The van der Waals surface area contributed by atoms with Crippen molar-refractivity contribution in [1.29, 1.82) is 5.26 Å². The molecule has 158 valence electrons. The lowest BCUT2D eigenvalue weighted by atomic mass is 10.2. The van der Waals surface area contributed by atoms with Crippen LogP contribution in [0.3, 0.4) is 0 Å². The van der Waals surface area contributed by atoms with Crippen molar-refractivity contribution in [2.75, 3.05) is 26.1 Å². The molecule has 31 heavy (non-hydrogen) atoms. The number of sulfonamides is 1. The maximum Gasteiger partial charge on any atom is 0.242 e. The summed E-state index contributed by atoms with van der Waals surface area (Å²) in [5.41, 5.74) is 8.64. The molecular formula is C18H16N8O2S3. The van der Waals surface area contributed by atoms with E-state index in [0.717, 1.165) is 9.87 Å². The summed E-state index contributed by atoms with van der Waals surface area (Å²) in [6.45, 7) is 0. The smallest absolute Gasteiger partial charge is 0.242 e. The Bertz CT molecular complexity index is 1430. The monoisotopic (exact) mass is 472 g/mol. The van der Waals surface area contributed by atoms with E-state index in [1.165, 1.54) is 41.7 Å². The predicted octanol–water partition coefficient (Wildman–Crippen LogP) is 2.34. The fourth-order valence-electron chi connectivity index (χ4n) is 2.82. The maximum absolute atomic E-state index is 12.2. The van der Waals surface area contributed by atoms with Crippen molar-refractivity contribution in [3.05, 3.63) is 35.2 Å². The molecular weight excluding hydrogens is 456 g/mol. The van der Waals surface area contributed by atoms with Gasteiger partial charge in [-0.2, -0.15) is 14.9 Å². The van der Waals surface area contributed by atoms with Crippen LogP contribution in [0.2, 0.25) is 0 Å². The van der Waals surface area contributed by atoms with E-state index in [0.29, 0.717) is 32.6 Å². The van der Waals surface area contributed by atoms with Crippen molar-refractivity contribution >= 4 is 44.6 Å². The molecule has 3 aromatic heterocycles. The number of nitrogen functional groups attached to an aromatic ring is 1. The van der Waals surface area contributed by atoms with Crippen LogP contribution in [0.5, 0.6) is 0 Å². The van der Waals surface area contributed by atoms with Gasteiger partial charge in [0.2, 0.25) is 10.0 Å². The molecule has 0 aliphatic rings. The van der Waals surface area contributed by atoms with E-state index >= 15 is 0 Å². The molecule has 0 radical (unpaired) electrons. The Kier molecular flexibility index (Phi) is 5.40. The molecule has 0 aliphatic carbocycles. The molecule has 0 saturated carbocycles. The first kappa shape index (κ1) is 21.2. The molecule has 13 heteroatoms. The summed E-state index contributed by atoms with van der Waals surface area (Å²) < 4.78 is 27.0. The van der Waals surface area contributed by atoms with E-state index in [4.69, 9.17) is 5.73 Å². The Labute approximate surface area is 186 Å². The first-order valence-electron chi connectivity index (χ1n) is 8.75. The van der Waals surface area contributed by atoms with Crippen molar-refractivity contribution in [2.45, 2.75) is 9.92 Å². The van der Waals surface area contributed by atoms with E-state index in [9.17, 15) is 13.7 Å². The zero-order chi connectivity index (χ0) is 22.3. The summed E-state index contributed by atoms with van der Waals surface area (Å²) in [6.07, 6.45) is 1.81. The van der Waals surface area contributed by atoms with Gasteiger partial charge in [0.1, 0.15) is 21.7 Å². The second-order valence-electron chi connectivity index (χ2n) is 6.52. The molecule has 0 unspecified atom stereocenters. The highest BCUT2D eigenvalue weighted by atomic mass is 32.2. The number of aromatic nitrogens is 5. The molecule has 0 amide bonds. The summed E-state index contributed by atoms with van der Waals surface area (Å²) >= 11 is 2.65. The molecule has 0 fully saturated rings. The van der Waals surface area contributed by atoms with Crippen LogP contribution in [0.25, 0.3) is 27.6 Å². The molecule has 0 spiro atoms. The minimum Gasteiger partial charge on any atom is -0.382 e. The highest BCUT2D eigenvalue weighted by Gasteiger charge is 2.21. The molecule has 3 heterocycles. The van der Waals surface area contributed by atoms with Gasteiger partial charge in [0.25, 0.3) is 0 Å². The third-order valence-corrected chi connectivity index (χ3v) is 7.84. The van der Waals surface area contributed by atoms with Crippen molar-refractivity contribution in [3.8, 4) is 28.0 Å². The van der Waals surface area contributed by atoms with E-state index in [-0.39, 0.29) is 10.7 Å². The minimum atomic E-state index is -3.50. The number of nitriles is 1. The fourth-order valence-corrected chi connectivity index (χ4v) is 5.04. The lowest BCUT2D eigenvalue weighted by Crippen LogP contribution is -2.22. The van der Waals surface area contributed by atoms with Gasteiger partial charge in [-0.05, 0) is 18.4 Å². The van der Waals surface area contributed by atoms with Gasteiger partial charge in [-0.1, -0.05) is 12.1 Å². The van der Waals surface area contributed by atoms with Gasteiger partial charge in [-0.25, -0.2) is 17.7 Å². The standard InChI is InChI=1S/C18H16N8O2S3/c1-25(2)31(27,28)11-6-4-10(5-7-11)13-9-30-18(21-13)14-15(20)26-16(23-22-14)12(8-19)17(24-26)29-3/h4-7,9H,20H2,1-3H3. The number of hydrogen-bond acceptors (Lipinski definition) is 10. The van der Waals surface area contributed by atoms with Crippen LogP contribution in [0.1, 0.15) is 5.56 Å². The topological polar surface area (TPSA) is 143 Å². The van der Waals surface area contributed by atoms with Crippen LogP contribution in [-0.2, 0) is 10.0 Å². The summed E-state index contributed by atoms with van der Waals surface area (Å²) in [5.74, 6) is 0.232. The molecule has 0 bridgehead atoms. The average molecular weight is 473 g/mol. The Balaban J connectivity index is 1.72. The predicted molar refractivity (Wildman–Crippen MR) is 119 cm³/mol. The largest absolute Gasteiger partial charge is 0.382 e. The molecule has 1 aromatic carbocycles. The lowest BCUT2D eigenvalue weighted by molar-refractivity contribution is 0.521. The molecule has 0 atom stereocenters. The molecule has 10 nitrogen and oxygen atoms in total. The highest BCUT2D eigenvalue weighted by molar-refractivity contribution is 7.98. The summed E-state index contributed by atoms with van der Waals surface area (Å²) in [5, 5.41) is 24.9. The van der Waals surface area contributed by atoms with Crippen LogP contribution in [0, 0.1) is 11.3 Å². The minimum absolute atomic E-state index is 0.203. The first-order chi connectivity index (χ1) is 14.8. The normalized spacial score (nSPS) is 11.8. The van der Waals surface area contributed by atoms with Crippen LogP contribution in [0.15, 0.2) is 39.6 Å². The van der Waals surface area contributed by atoms with Gasteiger partial charge in [0.15, 0.2) is 17.2 Å². The van der Waals surface area contributed by atoms with Crippen LogP contribution < -0.4 is 5.73 Å². The Morgan fingerprint density at radius 1 is 1.23 bits per heavy atom. The molecule has 4 aromatic rings. The maximum atomic E-state index is 12.2. The van der Waals surface area contributed by atoms with Crippen molar-refractivity contribution < 1.29 is 8.42 Å². The number of fused-ring (bicyclic) bond motifs is 1.